The number of hydrogen-bond acceptors (Lipinski definition) is 6. The van der Waals surface area contributed by atoms with Gasteiger partial charge in [-0.3, -0.25) is 10.2 Å². The zero-order valence-corrected chi connectivity index (χ0v) is 20.3. The number of terminal acetylenes is 1. The van der Waals surface area contributed by atoms with Crippen molar-refractivity contribution in [3.8, 4) is 23.2 Å². The van der Waals surface area contributed by atoms with Crippen molar-refractivity contribution < 1.29 is 14.6 Å². The fourth-order valence-electron chi connectivity index (χ4n) is 3.58. The first kappa shape index (κ1) is 25.5. The molecular formula is C28H25N3O3S. The number of nitrogens with one attached hydrogen (secondary N) is 2. The maximum absolute atomic E-state index is 11.9. The molecule has 176 valence electrons. The lowest BCUT2D eigenvalue weighted by Crippen LogP contribution is -2.02. The predicted molar refractivity (Wildman–Crippen MR) is 140 cm³/mol. The van der Waals surface area contributed by atoms with Gasteiger partial charge >= 0.3 is 0 Å². The van der Waals surface area contributed by atoms with E-state index in [4.69, 9.17) is 22.1 Å². The molecule has 3 N–H and O–H groups in total. The molecule has 0 fully saturated rings. The van der Waals surface area contributed by atoms with Gasteiger partial charge in [-0.15, -0.1) is 11.5 Å². The summed E-state index contributed by atoms with van der Waals surface area (Å²) in [6, 6.07) is 18.6. The number of carbonyl (C=O) groups excluding carboxylic acids is 1. The fourth-order valence-corrected chi connectivity index (χ4v) is 4.12. The van der Waals surface area contributed by atoms with Crippen molar-refractivity contribution in [3.05, 3.63) is 100 Å². The molecule has 0 bridgehead atoms. The van der Waals surface area contributed by atoms with E-state index in [0.717, 1.165) is 28.5 Å². The molecule has 0 spiro atoms. The first-order valence-electron chi connectivity index (χ1n) is 10.8. The Labute approximate surface area is 209 Å². The molecule has 0 aliphatic rings. The molecule has 0 aromatic heterocycles. The van der Waals surface area contributed by atoms with Gasteiger partial charge in [-0.1, -0.05) is 48.5 Å². The quantitative estimate of drug-likeness (QED) is 0.102. The standard InChI is InChI=1S/C28H25N3O3S/c1-4-25(35-5-2)26-24(14-13-23(18(3)32)27(26)33)34-17-20-11-9-19(10-12-20)15-21-7-6-8-22(16-21)28(29)31-30/h2,4,6-14,16,29-30,33H,15,17H2,1,3H3/b25-4-,29-28?,31-30?. The van der Waals surface area contributed by atoms with E-state index >= 15 is 0 Å². The van der Waals surface area contributed by atoms with Crippen LogP contribution in [0, 0.1) is 22.6 Å². The van der Waals surface area contributed by atoms with Gasteiger partial charge in [-0.2, -0.15) is 0 Å². The number of amidine groups is 1. The van der Waals surface area contributed by atoms with Crippen molar-refractivity contribution in [1.29, 1.82) is 10.9 Å². The molecular weight excluding hydrogens is 458 g/mol. The Hall–Kier alpha value is -4.15. The SMILES string of the molecule is C#CS/C(=C\C)c1c(OCc2ccc(Cc3cccc(C(=N)N=N)c3)cc2)ccc(C(C)=O)c1O. The number of thioether (sulfide) groups is 1. The second-order valence-corrected chi connectivity index (χ2v) is 8.59. The minimum absolute atomic E-state index is 0.0668. The Kier molecular flexibility index (Phi) is 8.60. The van der Waals surface area contributed by atoms with Crippen LogP contribution in [0.15, 0.2) is 71.9 Å². The lowest BCUT2D eigenvalue weighted by atomic mass is 10.0. The van der Waals surface area contributed by atoms with Crippen molar-refractivity contribution in [2.24, 2.45) is 5.11 Å². The number of hydrogen-bond donors (Lipinski definition) is 3. The molecule has 35 heavy (non-hydrogen) atoms. The first-order valence-corrected chi connectivity index (χ1v) is 11.6. The lowest BCUT2D eigenvalue weighted by Gasteiger charge is -2.16. The molecule has 6 nitrogen and oxygen atoms in total. The van der Waals surface area contributed by atoms with Gasteiger partial charge in [0.2, 0.25) is 0 Å². The van der Waals surface area contributed by atoms with E-state index in [0.29, 0.717) is 28.2 Å². The van der Waals surface area contributed by atoms with E-state index in [1.807, 2.05) is 49.4 Å². The van der Waals surface area contributed by atoms with Gasteiger partial charge in [0.1, 0.15) is 18.1 Å². The number of rotatable bonds is 9. The van der Waals surface area contributed by atoms with E-state index in [1.165, 1.54) is 6.92 Å². The highest BCUT2D eigenvalue weighted by Crippen LogP contribution is 2.42. The van der Waals surface area contributed by atoms with E-state index in [9.17, 15) is 9.90 Å². The first-order chi connectivity index (χ1) is 16.9. The number of ether oxygens (including phenoxy) is 1. The van der Waals surface area contributed by atoms with Crippen LogP contribution in [0.3, 0.4) is 0 Å². The largest absolute Gasteiger partial charge is 0.506 e. The lowest BCUT2D eigenvalue weighted by molar-refractivity contribution is 0.101. The van der Waals surface area contributed by atoms with E-state index in [2.05, 4.69) is 10.4 Å². The second-order valence-electron chi connectivity index (χ2n) is 7.71. The molecule has 0 radical (unpaired) electrons. The highest BCUT2D eigenvalue weighted by molar-refractivity contribution is 8.12. The van der Waals surface area contributed by atoms with Gasteiger partial charge in [0.05, 0.1) is 11.1 Å². The molecule has 0 saturated heterocycles. The van der Waals surface area contributed by atoms with Crippen LogP contribution < -0.4 is 4.74 Å². The van der Waals surface area contributed by atoms with Crippen LogP contribution in [0.25, 0.3) is 4.91 Å². The summed E-state index contributed by atoms with van der Waals surface area (Å²) in [5.74, 6) is -0.0208. The topological polar surface area (TPSA) is 107 Å². The van der Waals surface area contributed by atoms with Crippen LogP contribution >= 0.6 is 11.8 Å². The summed E-state index contributed by atoms with van der Waals surface area (Å²) < 4.78 is 6.03. The van der Waals surface area contributed by atoms with E-state index < -0.39 is 0 Å². The molecule has 3 aromatic rings. The normalized spacial score (nSPS) is 10.9. The predicted octanol–water partition coefficient (Wildman–Crippen LogP) is 6.81. The molecule has 0 unspecified atom stereocenters. The molecule has 3 aromatic carbocycles. The second kappa shape index (κ2) is 11.8. The number of aromatic hydroxyl groups is 1. The summed E-state index contributed by atoms with van der Waals surface area (Å²) >= 11 is 1.11. The van der Waals surface area contributed by atoms with Crippen LogP contribution in [0.4, 0.5) is 0 Å². The molecule has 0 atom stereocenters. The summed E-state index contributed by atoms with van der Waals surface area (Å²) in [4.78, 5) is 12.5. The highest BCUT2D eigenvalue weighted by atomic mass is 32.2. The average molecular weight is 484 g/mol. The number of Topliss-reactive ketones (excluding diaryl/α,β-unsaturated/α-hetero) is 1. The number of allylic oxidation sites excluding steroid dienone is 1. The molecule has 0 aliphatic carbocycles. The fraction of sp³-hybridized carbons (Fsp3) is 0.143. The van der Waals surface area contributed by atoms with Crippen molar-refractivity contribution in [3.63, 3.8) is 0 Å². The third-order valence-electron chi connectivity index (χ3n) is 5.33. The Balaban J connectivity index is 1.78. The number of carbonyl (C=O) groups is 1. The minimum atomic E-state index is -0.247. The van der Waals surface area contributed by atoms with Crippen LogP contribution in [0.2, 0.25) is 0 Å². The summed E-state index contributed by atoms with van der Waals surface area (Å²) in [6.45, 7) is 3.47. The summed E-state index contributed by atoms with van der Waals surface area (Å²) in [6.07, 6.45) is 7.92. The van der Waals surface area contributed by atoms with Crippen LogP contribution in [0.1, 0.15) is 52.0 Å². The van der Waals surface area contributed by atoms with Crippen molar-refractivity contribution in [1.82, 2.24) is 0 Å². The van der Waals surface area contributed by atoms with Crippen LogP contribution in [-0.4, -0.2) is 16.7 Å². The van der Waals surface area contributed by atoms with Crippen LogP contribution in [-0.2, 0) is 13.0 Å². The van der Waals surface area contributed by atoms with Gasteiger partial charge in [0.15, 0.2) is 11.6 Å². The summed E-state index contributed by atoms with van der Waals surface area (Å²) in [5, 5.41) is 24.2. The number of phenols is 1. The van der Waals surface area contributed by atoms with E-state index in [1.54, 1.807) is 24.3 Å². The van der Waals surface area contributed by atoms with Gasteiger partial charge < -0.3 is 9.84 Å². The monoisotopic (exact) mass is 483 g/mol. The smallest absolute Gasteiger partial charge is 0.173 e. The number of benzene rings is 3. The zero-order chi connectivity index (χ0) is 25.4. The Morgan fingerprint density at radius 1 is 1.14 bits per heavy atom. The third-order valence-corrected chi connectivity index (χ3v) is 6.11. The van der Waals surface area contributed by atoms with Gasteiger partial charge in [0.25, 0.3) is 0 Å². The summed E-state index contributed by atoms with van der Waals surface area (Å²) in [5.41, 5.74) is 11.3. The molecule has 0 amide bonds. The minimum Gasteiger partial charge on any atom is -0.506 e. The molecule has 0 saturated carbocycles. The molecule has 0 heterocycles. The van der Waals surface area contributed by atoms with Crippen LogP contribution in [0.5, 0.6) is 11.5 Å². The van der Waals surface area contributed by atoms with E-state index in [-0.39, 0.29) is 29.5 Å². The number of nitrogens with zero attached hydrogens (tertiary/aromatic N) is 1. The van der Waals surface area contributed by atoms with Gasteiger partial charge in [-0.25, -0.2) is 5.53 Å². The van der Waals surface area contributed by atoms with Crippen molar-refractivity contribution in [2.45, 2.75) is 26.9 Å². The van der Waals surface area contributed by atoms with Crippen molar-refractivity contribution >= 4 is 28.3 Å². The number of phenolic OH excluding ortho intramolecular Hbond substituents is 1. The third kappa shape index (κ3) is 6.25. The molecule has 7 heteroatoms. The van der Waals surface area contributed by atoms with Gasteiger partial charge in [-0.05, 0) is 72.2 Å². The zero-order valence-electron chi connectivity index (χ0n) is 19.5. The Morgan fingerprint density at radius 3 is 2.49 bits per heavy atom. The number of ketones is 1. The van der Waals surface area contributed by atoms with Gasteiger partial charge in [0, 0.05) is 10.5 Å². The summed E-state index contributed by atoms with van der Waals surface area (Å²) in [7, 11) is 0. The maximum Gasteiger partial charge on any atom is 0.173 e. The van der Waals surface area contributed by atoms with Crippen molar-refractivity contribution in [2.75, 3.05) is 0 Å². The molecule has 0 aliphatic heterocycles. The average Bonchev–Trinajstić information content (AvgIpc) is 2.86. The highest BCUT2D eigenvalue weighted by Gasteiger charge is 2.20. The molecule has 3 rings (SSSR count). The Morgan fingerprint density at radius 2 is 1.86 bits per heavy atom. The Bertz CT molecular complexity index is 1340. The maximum atomic E-state index is 11.9.